The van der Waals surface area contributed by atoms with Crippen LogP contribution in [-0.2, 0) is 11.3 Å². The molecule has 0 fully saturated rings. The van der Waals surface area contributed by atoms with Crippen molar-refractivity contribution in [2.75, 3.05) is 33.0 Å². The Hall–Kier alpha value is -1.35. The summed E-state index contributed by atoms with van der Waals surface area (Å²) in [6.07, 6.45) is 0. The predicted molar refractivity (Wildman–Crippen MR) is 108 cm³/mol. The van der Waals surface area contributed by atoms with Crippen molar-refractivity contribution in [1.82, 2.24) is 15.5 Å². The molecule has 0 aliphatic heterocycles. The number of benzene rings is 1. The first-order chi connectivity index (χ1) is 10.4. The first kappa shape index (κ1) is 21.6. The van der Waals surface area contributed by atoms with Crippen LogP contribution in [0.4, 0.5) is 5.69 Å². The normalized spacial score (nSPS) is 11.2. The number of carbonyl (C=O) groups is 1. The zero-order valence-corrected chi connectivity index (χ0v) is 16.8. The standard InChI is InChI=1S/C16H27N5O.HI/c1-12(2)19-16(17-3)18-10-13-7-6-8-14(9-13)20-15(22)11-21(4)5;/h6-9,12H,10-11H2,1-5H3,(H,20,22)(H2,17,18,19);1H. The van der Waals surface area contributed by atoms with E-state index in [4.69, 9.17) is 0 Å². The Morgan fingerprint density at radius 2 is 2.00 bits per heavy atom. The molecular formula is C16H28IN5O. The van der Waals surface area contributed by atoms with Crippen LogP contribution < -0.4 is 16.0 Å². The van der Waals surface area contributed by atoms with E-state index in [9.17, 15) is 4.79 Å². The zero-order chi connectivity index (χ0) is 16.5. The molecule has 3 N–H and O–H groups in total. The van der Waals surface area contributed by atoms with E-state index < -0.39 is 0 Å². The Labute approximate surface area is 156 Å². The minimum atomic E-state index is -0.0209. The third-order valence-corrected chi connectivity index (χ3v) is 2.78. The fourth-order valence-corrected chi connectivity index (χ4v) is 1.90. The highest BCUT2D eigenvalue weighted by Gasteiger charge is 2.05. The smallest absolute Gasteiger partial charge is 0.238 e. The van der Waals surface area contributed by atoms with Crippen molar-refractivity contribution in [2.24, 2.45) is 4.99 Å². The number of nitrogens with zero attached hydrogens (tertiary/aromatic N) is 2. The van der Waals surface area contributed by atoms with Gasteiger partial charge in [0.2, 0.25) is 5.91 Å². The summed E-state index contributed by atoms with van der Waals surface area (Å²) in [4.78, 5) is 17.8. The van der Waals surface area contributed by atoms with Gasteiger partial charge in [-0.15, -0.1) is 24.0 Å². The lowest BCUT2D eigenvalue weighted by Gasteiger charge is -2.15. The van der Waals surface area contributed by atoms with Gasteiger partial charge in [0.1, 0.15) is 0 Å². The number of halogens is 1. The second kappa shape index (κ2) is 11.2. The Morgan fingerprint density at radius 3 is 2.57 bits per heavy atom. The molecule has 130 valence electrons. The number of carbonyl (C=O) groups excluding carboxylic acids is 1. The zero-order valence-electron chi connectivity index (χ0n) is 14.5. The molecule has 23 heavy (non-hydrogen) atoms. The van der Waals surface area contributed by atoms with Crippen molar-refractivity contribution in [1.29, 1.82) is 0 Å². The van der Waals surface area contributed by atoms with Crippen LogP contribution in [0, 0.1) is 0 Å². The number of hydrogen-bond donors (Lipinski definition) is 3. The number of amides is 1. The van der Waals surface area contributed by atoms with Crippen molar-refractivity contribution >= 4 is 41.5 Å². The minimum Gasteiger partial charge on any atom is -0.354 e. The van der Waals surface area contributed by atoms with Crippen LogP contribution >= 0.6 is 24.0 Å². The second-order valence-corrected chi connectivity index (χ2v) is 5.71. The number of likely N-dealkylation sites (N-methyl/N-ethyl adjacent to an activating group) is 1. The molecule has 1 aromatic carbocycles. The fourth-order valence-electron chi connectivity index (χ4n) is 1.90. The summed E-state index contributed by atoms with van der Waals surface area (Å²) < 4.78 is 0. The number of guanidine groups is 1. The highest BCUT2D eigenvalue weighted by atomic mass is 127. The summed E-state index contributed by atoms with van der Waals surface area (Å²) >= 11 is 0. The van der Waals surface area contributed by atoms with Gasteiger partial charge < -0.3 is 20.9 Å². The molecular weight excluding hydrogens is 405 g/mol. The summed E-state index contributed by atoms with van der Waals surface area (Å²) in [6, 6.07) is 8.11. The van der Waals surface area contributed by atoms with E-state index in [1.165, 1.54) is 0 Å². The van der Waals surface area contributed by atoms with E-state index in [0.29, 0.717) is 19.1 Å². The van der Waals surface area contributed by atoms with Crippen molar-refractivity contribution in [3.05, 3.63) is 29.8 Å². The molecule has 0 aliphatic carbocycles. The van der Waals surface area contributed by atoms with Gasteiger partial charge in [-0.3, -0.25) is 9.79 Å². The Morgan fingerprint density at radius 1 is 1.30 bits per heavy atom. The average Bonchev–Trinajstić information content (AvgIpc) is 2.42. The number of nitrogens with one attached hydrogen (secondary N) is 3. The highest BCUT2D eigenvalue weighted by Crippen LogP contribution is 2.10. The molecule has 0 aliphatic rings. The second-order valence-electron chi connectivity index (χ2n) is 5.71. The number of rotatable bonds is 6. The van der Waals surface area contributed by atoms with E-state index in [1.807, 2.05) is 43.3 Å². The van der Waals surface area contributed by atoms with Gasteiger partial charge in [0.05, 0.1) is 6.54 Å². The van der Waals surface area contributed by atoms with Gasteiger partial charge in [0.25, 0.3) is 0 Å². The number of aliphatic imine (C=N–C) groups is 1. The third kappa shape index (κ3) is 9.39. The Bertz CT molecular complexity index is 517. The van der Waals surface area contributed by atoms with Gasteiger partial charge in [-0.1, -0.05) is 12.1 Å². The lowest BCUT2D eigenvalue weighted by atomic mass is 10.2. The largest absolute Gasteiger partial charge is 0.354 e. The molecule has 0 aromatic heterocycles. The van der Waals surface area contributed by atoms with Crippen LogP contribution in [0.2, 0.25) is 0 Å². The van der Waals surface area contributed by atoms with Gasteiger partial charge in [0.15, 0.2) is 5.96 Å². The van der Waals surface area contributed by atoms with E-state index in [1.54, 1.807) is 7.05 Å². The van der Waals surface area contributed by atoms with Crippen molar-refractivity contribution in [3.63, 3.8) is 0 Å². The van der Waals surface area contributed by atoms with Crippen molar-refractivity contribution in [3.8, 4) is 0 Å². The van der Waals surface area contributed by atoms with E-state index >= 15 is 0 Å². The summed E-state index contributed by atoms with van der Waals surface area (Å²) in [6.45, 7) is 5.14. The van der Waals surface area contributed by atoms with Gasteiger partial charge >= 0.3 is 0 Å². The molecule has 0 spiro atoms. The Kier molecular flexibility index (Phi) is 10.6. The van der Waals surface area contributed by atoms with Crippen LogP contribution in [-0.4, -0.2) is 50.5 Å². The predicted octanol–water partition coefficient (Wildman–Crippen LogP) is 1.88. The summed E-state index contributed by atoms with van der Waals surface area (Å²) in [5, 5.41) is 9.37. The molecule has 1 rings (SSSR count). The van der Waals surface area contributed by atoms with Crippen LogP contribution in [0.25, 0.3) is 0 Å². The highest BCUT2D eigenvalue weighted by molar-refractivity contribution is 14.0. The molecule has 0 radical (unpaired) electrons. The summed E-state index contributed by atoms with van der Waals surface area (Å²) in [7, 11) is 5.48. The van der Waals surface area contributed by atoms with Crippen LogP contribution in [0.1, 0.15) is 19.4 Å². The maximum absolute atomic E-state index is 11.8. The summed E-state index contributed by atoms with van der Waals surface area (Å²) in [5.41, 5.74) is 1.88. The van der Waals surface area contributed by atoms with E-state index in [-0.39, 0.29) is 29.9 Å². The molecule has 0 saturated heterocycles. The molecule has 1 aromatic rings. The third-order valence-electron chi connectivity index (χ3n) is 2.78. The molecule has 0 atom stereocenters. The first-order valence-electron chi connectivity index (χ1n) is 7.41. The average molecular weight is 433 g/mol. The number of anilines is 1. The molecule has 0 unspecified atom stereocenters. The Balaban J connectivity index is 0.00000484. The SMILES string of the molecule is CN=C(NCc1cccc(NC(=O)CN(C)C)c1)NC(C)C.I. The lowest BCUT2D eigenvalue weighted by molar-refractivity contribution is -0.116. The van der Waals surface area contributed by atoms with E-state index in [2.05, 4.69) is 34.8 Å². The minimum absolute atomic E-state index is 0. The van der Waals surface area contributed by atoms with Crippen molar-refractivity contribution in [2.45, 2.75) is 26.4 Å². The maximum atomic E-state index is 11.8. The molecule has 7 heteroatoms. The van der Waals surface area contributed by atoms with Gasteiger partial charge in [-0.25, -0.2) is 0 Å². The van der Waals surface area contributed by atoms with Gasteiger partial charge in [0, 0.05) is 25.3 Å². The quantitative estimate of drug-likeness (QED) is 0.364. The van der Waals surface area contributed by atoms with Crippen molar-refractivity contribution < 1.29 is 4.79 Å². The molecule has 0 bridgehead atoms. The monoisotopic (exact) mass is 433 g/mol. The summed E-state index contributed by atoms with van der Waals surface area (Å²) in [5.74, 6) is 0.740. The lowest BCUT2D eigenvalue weighted by Crippen LogP contribution is -2.40. The van der Waals surface area contributed by atoms with Crippen LogP contribution in [0.3, 0.4) is 0 Å². The number of hydrogen-bond acceptors (Lipinski definition) is 3. The molecule has 0 heterocycles. The maximum Gasteiger partial charge on any atom is 0.238 e. The van der Waals surface area contributed by atoms with Crippen LogP contribution in [0.15, 0.2) is 29.3 Å². The van der Waals surface area contributed by atoms with Crippen LogP contribution in [0.5, 0.6) is 0 Å². The molecule has 1 amide bonds. The first-order valence-corrected chi connectivity index (χ1v) is 7.41. The molecule has 6 nitrogen and oxygen atoms in total. The topological polar surface area (TPSA) is 68.8 Å². The molecule has 0 saturated carbocycles. The van der Waals surface area contributed by atoms with Gasteiger partial charge in [-0.05, 0) is 45.6 Å². The van der Waals surface area contributed by atoms with Gasteiger partial charge in [-0.2, -0.15) is 0 Å². The fraction of sp³-hybridized carbons (Fsp3) is 0.500. The van der Waals surface area contributed by atoms with E-state index in [0.717, 1.165) is 17.2 Å².